The van der Waals surface area contributed by atoms with Crippen molar-refractivity contribution in [3.63, 3.8) is 0 Å². The van der Waals surface area contributed by atoms with E-state index in [2.05, 4.69) is 84.0 Å². The first-order valence-electron chi connectivity index (χ1n) is 17.4. The minimum Gasteiger partial charge on any atom is -0.489 e. The van der Waals surface area contributed by atoms with Crippen molar-refractivity contribution in [3.05, 3.63) is 70.3 Å². The SMILES string of the molecule is C.CCC(=O)O.CCCCCCCC(O)(CC)CC=Cc1ccc(C(CC)(CC)c2ccc(OCC(C)OC(C)=O)c(C)c2)cc1C. The predicted molar refractivity (Wildman–Crippen MR) is 197 cm³/mol. The Balaban J connectivity index is 0.00000326. The molecule has 2 aromatic carbocycles. The van der Waals surface area contributed by atoms with Gasteiger partial charge in [-0.3, -0.25) is 9.59 Å². The van der Waals surface area contributed by atoms with Gasteiger partial charge in [0.25, 0.3) is 0 Å². The summed E-state index contributed by atoms with van der Waals surface area (Å²) in [6.45, 7) is 18.3. The topological polar surface area (TPSA) is 93.1 Å². The van der Waals surface area contributed by atoms with Gasteiger partial charge in [0, 0.05) is 18.8 Å². The lowest BCUT2D eigenvalue weighted by Gasteiger charge is -2.34. The van der Waals surface area contributed by atoms with E-state index in [0.717, 1.165) is 43.4 Å². The number of carbonyl (C=O) groups is 2. The smallest absolute Gasteiger partial charge is 0.303 e. The molecular weight excluding hydrogens is 588 g/mol. The highest BCUT2D eigenvalue weighted by molar-refractivity contribution is 5.66. The Morgan fingerprint density at radius 2 is 1.45 bits per heavy atom. The van der Waals surface area contributed by atoms with Crippen LogP contribution >= 0.6 is 0 Å². The Bertz CT molecular complexity index is 1230. The van der Waals surface area contributed by atoms with E-state index in [1.165, 1.54) is 54.9 Å². The highest BCUT2D eigenvalue weighted by Gasteiger charge is 2.31. The third-order valence-corrected chi connectivity index (χ3v) is 9.10. The van der Waals surface area contributed by atoms with E-state index in [1.807, 2.05) is 13.0 Å². The van der Waals surface area contributed by atoms with E-state index in [4.69, 9.17) is 14.6 Å². The molecule has 47 heavy (non-hydrogen) atoms. The van der Waals surface area contributed by atoms with E-state index >= 15 is 0 Å². The van der Waals surface area contributed by atoms with E-state index in [0.29, 0.717) is 13.0 Å². The quantitative estimate of drug-likeness (QED) is 0.116. The number of carboxylic acids is 1. The molecule has 0 bridgehead atoms. The first-order chi connectivity index (χ1) is 21.8. The minimum atomic E-state index is -0.745. The number of rotatable bonds is 19. The van der Waals surface area contributed by atoms with Crippen molar-refractivity contribution < 1.29 is 29.3 Å². The molecule has 2 N–H and O–H groups in total. The maximum atomic E-state index is 11.2. The fraction of sp³-hybridized carbons (Fsp3) is 0.610. The second kappa shape index (κ2) is 22.4. The molecule has 0 amide bonds. The van der Waals surface area contributed by atoms with Gasteiger partial charge in [-0.15, -0.1) is 0 Å². The molecular formula is C41H66O6. The molecule has 0 aromatic heterocycles. The van der Waals surface area contributed by atoms with Crippen molar-refractivity contribution in [3.8, 4) is 5.75 Å². The number of aryl methyl sites for hydroxylation is 2. The van der Waals surface area contributed by atoms with Crippen LogP contribution < -0.4 is 4.74 Å². The lowest BCUT2D eigenvalue weighted by molar-refractivity contribution is -0.146. The highest BCUT2D eigenvalue weighted by Crippen LogP contribution is 2.41. The van der Waals surface area contributed by atoms with E-state index in [1.54, 1.807) is 6.92 Å². The first kappa shape index (κ1) is 43.9. The Morgan fingerprint density at radius 3 is 1.94 bits per heavy atom. The van der Waals surface area contributed by atoms with Crippen LogP contribution in [-0.4, -0.2) is 40.5 Å². The number of hydrogen-bond donors (Lipinski definition) is 2. The van der Waals surface area contributed by atoms with E-state index < -0.39 is 11.6 Å². The van der Waals surface area contributed by atoms with Gasteiger partial charge in [-0.05, 0) is 86.8 Å². The van der Waals surface area contributed by atoms with Crippen LogP contribution in [0.15, 0.2) is 42.5 Å². The van der Waals surface area contributed by atoms with Crippen molar-refractivity contribution in [2.24, 2.45) is 0 Å². The maximum Gasteiger partial charge on any atom is 0.303 e. The number of hydrogen-bond acceptors (Lipinski definition) is 5. The molecule has 0 aliphatic carbocycles. The average molecular weight is 655 g/mol. The lowest BCUT2D eigenvalue weighted by Crippen LogP contribution is -2.26. The van der Waals surface area contributed by atoms with Crippen molar-refractivity contribution in [2.45, 2.75) is 157 Å². The minimum absolute atomic E-state index is 0. The number of ether oxygens (including phenoxy) is 2. The number of carbonyl (C=O) groups excluding carboxylic acids is 1. The summed E-state index contributed by atoms with van der Waals surface area (Å²) in [6.07, 6.45) is 14.7. The summed E-state index contributed by atoms with van der Waals surface area (Å²) in [5.74, 6) is -0.222. The largest absolute Gasteiger partial charge is 0.489 e. The summed E-state index contributed by atoms with van der Waals surface area (Å²) in [7, 11) is 0. The molecule has 2 rings (SSSR count). The molecule has 2 atom stereocenters. The van der Waals surface area contributed by atoms with Gasteiger partial charge in [-0.2, -0.15) is 0 Å². The zero-order valence-corrected chi connectivity index (χ0v) is 30.2. The second-order valence-electron chi connectivity index (χ2n) is 12.7. The van der Waals surface area contributed by atoms with Gasteiger partial charge < -0.3 is 19.7 Å². The highest BCUT2D eigenvalue weighted by atomic mass is 16.6. The summed E-state index contributed by atoms with van der Waals surface area (Å²) in [5, 5.41) is 18.8. The zero-order chi connectivity index (χ0) is 34.8. The van der Waals surface area contributed by atoms with Crippen LogP contribution in [0.4, 0.5) is 0 Å². The standard InChI is InChI=1S/C37H56O4.C3H6O2.CH4/c1-9-13-14-15-16-23-36(39,10-2)24-17-18-32-19-20-33(25-28(32)5)37(11-3,12-4)34-21-22-35(29(6)26-34)40-27-30(7)41-31(8)38;1-2-3(4)5;/h17-22,25-26,30,39H,9-16,23-24,27H2,1-8H3;2H2,1H3,(H,4,5);1H4. The third kappa shape index (κ3) is 14.7. The van der Waals surface area contributed by atoms with Crippen LogP contribution in [0.3, 0.4) is 0 Å². The fourth-order valence-corrected chi connectivity index (χ4v) is 5.91. The van der Waals surface area contributed by atoms with Gasteiger partial charge in [0.15, 0.2) is 0 Å². The Kier molecular flexibility index (Phi) is 21.0. The summed E-state index contributed by atoms with van der Waals surface area (Å²) in [6, 6.07) is 13.3. The average Bonchev–Trinajstić information content (AvgIpc) is 3.02. The van der Waals surface area contributed by atoms with Crippen molar-refractivity contribution in [1.82, 2.24) is 0 Å². The summed E-state index contributed by atoms with van der Waals surface area (Å²) in [5.41, 5.74) is 5.44. The van der Waals surface area contributed by atoms with Crippen LogP contribution in [0.1, 0.15) is 154 Å². The van der Waals surface area contributed by atoms with Crippen LogP contribution in [0, 0.1) is 13.8 Å². The molecule has 0 spiro atoms. The van der Waals surface area contributed by atoms with E-state index in [-0.39, 0.29) is 31.3 Å². The van der Waals surface area contributed by atoms with Crippen LogP contribution in [0.25, 0.3) is 6.08 Å². The molecule has 6 nitrogen and oxygen atoms in total. The van der Waals surface area contributed by atoms with Gasteiger partial charge in [0.2, 0.25) is 0 Å². The summed E-state index contributed by atoms with van der Waals surface area (Å²) >= 11 is 0. The Hall–Kier alpha value is -3.12. The van der Waals surface area contributed by atoms with Gasteiger partial charge in [-0.1, -0.05) is 117 Å². The maximum absolute atomic E-state index is 11.2. The molecule has 0 saturated carbocycles. The van der Waals surface area contributed by atoms with Crippen LogP contribution in [0.2, 0.25) is 0 Å². The summed E-state index contributed by atoms with van der Waals surface area (Å²) < 4.78 is 11.2. The number of aliphatic carboxylic acids is 1. The molecule has 2 aromatic rings. The monoisotopic (exact) mass is 654 g/mol. The molecule has 0 saturated heterocycles. The summed E-state index contributed by atoms with van der Waals surface area (Å²) in [4.78, 5) is 20.6. The third-order valence-electron chi connectivity index (χ3n) is 9.10. The second-order valence-corrected chi connectivity index (χ2v) is 12.7. The predicted octanol–water partition coefficient (Wildman–Crippen LogP) is 10.8. The molecule has 0 heterocycles. The molecule has 6 heteroatoms. The molecule has 266 valence electrons. The van der Waals surface area contributed by atoms with E-state index in [9.17, 15) is 14.7 Å². The molecule has 0 radical (unpaired) electrons. The molecule has 0 aliphatic rings. The number of unbranched alkanes of at least 4 members (excludes halogenated alkanes) is 4. The van der Waals surface area contributed by atoms with Crippen molar-refractivity contribution in [2.75, 3.05) is 6.61 Å². The van der Waals surface area contributed by atoms with Gasteiger partial charge in [-0.25, -0.2) is 0 Å². The van der Waals surface area contributed by atoms with Gasteiger partial charge >= 0.3 is 11.9 Å². The van der Waals surface area contributed by atoms with Crippen molar-refractivity contribution in [1.29, 1.82) is 0 Å². The Labute approximate surface area is 287 Å². The zero-order valence-electron chi connectivity index (χ0n) is 30.2. The van der Waals surface area contributed by atoms with Crippen LogP contribution in [0.5, 0.6) is 5.75 Å². The number of benzene rings is 2. The lowest BCUT2D eigenvalue weighted by atomic mass is 9.70. The van der Waals surface area contributed by atoms with Gasteiger partial charge in [0.1, 0.15) is 18.5 Å². The first-order valence-corrected chi connectivity index (χ1v) is 17.4. The molecule has 0 aliphatic heterocycles. The molecule has 2 unspecified atom stereocenters. The number of carboxylic acid groups (broad SMARTS) is 1. The fourth-order valence-electron chi connectivity index (χ4n) is 5.91. The van der Waals surface area contributed by atoms with Crippen LogP contribution in [-0.2, 0) is 19.7 Å². The number of esters is 1. The van der Waals surface area contributed by atoms with Crippen molar-refractivity contribution >= 4 is 18.0 Å². The normalized spacial score (nSPS) is 13.1. The van der Waals surface area contributed by atoms with Gasteiger partial charge in [0.05, 0.1) is 5.60 Å². The Morgan fingerprint density at radius 1 is 0.872 bits per heavy atom. The number of aliphatic hydroxyl groups is 1. The molecule has 0 fully saturated rings.